The van der Waals surface area contributed by atoms with Crippen molar-refractivity contribution in [2.45, 2.75) is 0 Å². The van der Waals surface area contributed by atoms with Gasteiger partial charge in [0, 0.05) is 13.1 Å². The molecule has 0 bridgehead atoms. The Morgan fingerprint density at radius 3 is 2.88 bits per heavy atom. The van der Waals surface area contributed by atoms with Crippen molar-refractivity contribution in [2.75, 3.05) is 20.3 Å². The highest BCUT2D eigenvalue weighted by Gasteiger charge is 2.02. The Morgan fingerprint density at radius 2 is 2.25 bits per heavy atom. The van der Waals surface area contributed by atoms with E-state index in [0.717, 1.165) is 0 Å². The van der Waals surface area contributed by atoms with E-state index in [2.05, 4.69) is 26.0 Å². The van der Waals surface area contributed by atoms with Crippen LogP contribution in [0.1, 0.15) is 0 Å². The van der Waals surface area contributed by atoms with Crippen LogP contribution in [-0.4, -0.2) is 26.4 Å². The van der Waals surface area contributed by atoms with Gasteiger partial charge in [-0.3, -0.25) is 0 Å². The van der Waals surface area contributed by atoms with Gasteiger partial charge in [0.15, 0.2) is 0 Å². The van der Waals surface area contributed by atoms with E-state index in [1.54, 1.807) is 12.1 Å². The normalized spacial score (nSPS) is 9.69. The van der Waals surface area contributed by atoms with Crippen LogP contribution in [0, 0.1) is 5.82 Å². The molecule has 0 radical (unpaired) electrons. The van der Waals surface area contributed by atoms with E-state index >= 15 is 0 Å². The van der Waals surface area contributed by atoms with Gasteiger partial charge in [-0.1, -0.05) is 0 Å². The molecule has 0 saturated carbocycles. The van der Waals surface area contributed by atoms with Gasteiger partial charge in [-0.15, -0.1) is 0 Å². The number of hydrogen-bond acceptors (Lipinski definition) is 3. The molecule has 1 aromatic rings. The van der Waals surface area contributed by atoms with Gasteiger partial charge in [-0.25, -0.2) is 9.18 Å². The Hall–Kier alpha value is -1.30. The summed E-state index contributed by atoms with van der Waals surface area (Å²) in [5.74, 6) is -0.00840. The minimum atomic E-state index is -0.523. The van der Waals surface area contributed by atoms with Gasteiger partial charge in [0.25, 0.3) is 0 Å². The summed E-state index contributed by atoms with van der Waals surface area (Å²) >= 11 is 3.03. The third kappa shape index (κ3) is 4.06. The first-order valence-electron chi connectivity index (χ1n) is 4.56. The first-order valence-corrected chi connectivity index (χ1v) is 5.35. The Morgan fingerprint density at radius 1 is 1.50 bits per heavy atom. The third-order valence-corrected chi connectivity index (χ3v) is 2.32. The summed E-state index contributed by atoms with van der Waals surface area (Å²) in [4.78, 5) is 10.7. The Labute approximate surface area is 101 Å². The number of alkyl carbamates (subject to hydrolysis) is 1. The van der Waals surface area contributed by atoms with E-state index in [1.807, 2.05) is 0 Å². The quantitative estimate of drug-likeness (QED) is 0.866. The van der Waals surface area contributed by atoms with Gasteiger partial charge >= 0.3 is 6.09 Å². The van der Waals surface area contributed by atoms with E-state index in [4.69, 9.17) is 4.74 Å². The average Bonchev–Trinajstić information content (AvgIpc) is 2.28. The number of rotatable bonds is 4. The van der Waals surface area contributed by atoms with Gasteiger partial charge in [0.1, 0.15) is 24.8 Å². The predicted octanol–water partition coefficient (Wildman–Crippen LogP) is 2.32. The third-order valence-electron chi connectivity index (χ3n) is 1.68. The number of hydrogen-bond donors (Lipinski definition) is 1. The first kappa shape index (κ1) is 12.8. The molecule has 0 atom stereocenters. The molecule has 0 aliphatic carbocycles. The number of carbonyl (C=O) groups is 1. The lowest BCUT2D eigenvalue weighted by Gasteiger charge is -2.07. The van der Waals surface area contributed by atoms with Crippen LogP contribution < -0.4 is 10.1 Å². The van der Waals surface area contributed by atoms with E-state index in [-0.39, 0.29) is 13.2 Å². The van der Waals surface area contributed by atoms with Gasteiger partial charge in [-0.05, 0) is 28.1 Å². The summed E-state index contributed by atoms with van der Waals surface area (Å²) in [6.45, 7) is 0.284. The SMILES string of the molecule is CNC(=O)OCCOc1ccc(Br)c(F)c1. The molecule has 1 rings (SSSR count). The fourth-order valence-corrected chi connectivity index (χ4v) is 1.18. The largest absolute Gasteiger partial charge is 0.490 e. The number of amides is 1. The molecule has 0 saturated heterocycles. The maximum absolute atomic E-state index is 13.0. The van der Waals surface area contributed by atoms with Crippen LogP contribution in [0.5, 0.6) is 5.75 Å². The van der Waals surface area contributed by atoms with Crippen molar-refractivity contribution in [3.8, 4) is 5.75 Å². The van der Waals surface area contributed by atoms with E-state index in [1.165, 1.54) is 13.1 Å². The average molecular weight is 292 g/mol. The van der Waals surface area contributed by atoms with Crippen molar-refractivity contribution in [1.29, 1.82) is 0 Å². The fourth-order valence-electron chi connectivity index (χ4n) is 0.933. The van der Waals surface area contributed by atoms with Crippen LogP contribution in [0.15, 0.2) is 22.7 Å². The molecule has 0 aromatic heterocycles. The number of ether oxygens (including phenoxy) is 2. The number of carbonyl (C=O) groups excluding carboxylic acids is 1. The maximum atomic E-state index is 13.0. The smallest absolute Gasteiger partial charge is 0.406 e. The van der Waals surface area contributed by atoms with Crippen molar-refractivity contribution in [3.05, 3.63) is 28.5 Å². The van der Waals surface area contributed by atoms with E-state index < -0.39 is 11.9 Å². The standard InChI is InChI=1S/C10H11BrFNO3/c1-13-10(14)16-5-4-15-7-2-3-8(11)9(12)6-7/h2-3,6H,4-5H2,1H3,(H,13,14). The van der Waals surface area contributed by atoms with Crippen LogP contribution in [0.25, 0.3) is 0 Å². The van der Waals surface area contributed by atoms with Crippen molar-refractivity contribution in [1.82, 2.24) is 5.32 Å². The summed E-state index contributed by atoms with van der Waals surface area (Å²) in [6.07, 6.45) is -0.523. The highest BCUT2D eigenvalue weighted by molar-refractivity contribution is 9.10. The topological polar surface area (TPSA) is 47.6 Å². The molecule has 1 N–H and O–H groups in total. The maximum Gasteiger partial charge on any atom is 0.406 e. The second-order valence-electron chi connectivity index (χ2n) is 2.81. The van der Waals surface area contributed by atoms with Crippen LogP contribution in [0.3, 0.4) is 0 Å². The zero-order valence-electron chi connectivity index (χ0n) is 8.63. The highest BCUT2D eigenvalue weighted by Crippen LogP contribution is 2.20. The number of benzene rings is 1. The van der Waals surface area contributed by atoms with Crippen molar-refractivity contribution in [3.63, 3.8) is 0 Å². The lowest BCUT2D eigenvalue weighted by atomic mass is 10.3. The molecular formula is C10H11BrFNO3. The predicted molar refractivity (Wildman–Crippen MR) is 60.0 cm³/mol. The van der Waals surface area contributed by atoms with Gasteiger partial charge < -0.3 is 14.8 Å². The Bertz CT molecular complexity index is 373. The molecule has 88 valence electrons. The molecule has 0 aliphatic heterocycles. The minimum absolute atomic E-state index is 0.108. The van der Waals surface area contributed by atoms with Crippen molar-refractivity contribution < 1.29 is 18.7 Å². The van der Waals surface area contributed by atoms with Crippen LogP contribution >= 0.6 is 15.9 Å². The summed E-state index contributed by atoms with van der Waals surface area (Å²) in [7, 11) is 1.47. The molecule has 0 heterocycles. The molecule has 6 heteroatoms. The number of halogens is 2. The number of nitrogens with one attached hydrogen (secondary N) is 1. The van der Waals surface area contributed by atoms with Gasteiger partial charge in [0.05, 0.1) is 4.47 Å². The summed E-state index contributed by atoms with van der Waals surface area (Å²) in [6, 6.07) is 4.42. The Balaban J connectivity index is 2.32. The lowest BCUT2D eigenvalue weighted by molar-refractivity contribution is 0.127. The summed E-state index contributed by atoms with van der Waals surface area (Å²) in [5.41, 5.74) is 0. The molecule has 0 spiro atoms. The summed E-state index contributed by atoms with van der Waals surface area (Å²) in [5, 5.41) is 2.30. The fraction of sp³-hybridized carbons (Fsp3) is 0.300. The van der Waals surface area contributed by atoms with Gasteiger partial charge in [-0.2, -0.15) is 0 Å². The monoisotopic (exact) mass is 291 g/mol. The minimum Gasteiger partial charge on any atom is -0.490 e. The van der Waals surface area contributed by atoms with Crippen LogP contribution in [0.4, 0.5) is 9.18 Å². The molecule has 0 aliphatic rings. The zero-order chi connectivity index (χ0) is 12.0. The second-order valence-corrected chi connectivity index (χ2v) is 3.66. The van der Waals surface area contributed by atoms with Gasteiger partial charge in [0.2, 0.25) is 0 Å². The first-order chi connectivity index (χ1) is 7.63. The molecule has 0 unspecified atom stereocenters. The zero-order valence-corrected chi connectivity index (χ0v) is 10.2. The molecule has 1 amide bonds. The van der Waals surface area contributed by atoms with Crippen molar-refractivity contribution >= 4 is 22.0 Å². The van der Waals surface area contributed by atoms with Crippen LogP contribution in [0.2, 0.25) is 0 Å². The second kappa shape index (κ2) is 6.32. The molecule has 16 heavy (non-hydrogen) atoms. The highest BCUT2D eigenvalue weighted by atomic mass is 79.9. The molecule has 4 nitrogen and oxygen atoms in total. The lowest BCUT2D eigenvalue weighted by Crippen LogP contribution is -2.21. The molecule has 1 aromatic carbocycles. The van der Waals surface area contributed by atoms with Crippen molar-refractivity contribution in [2.24, 2.45) is 0 Å². The van der Waals surface area contributed by atoms with Crippen LogP contribution in [-0.2, 0) is 4.74 Å². The molecular weight excluding hydrogens is 281 g/mol. The van der Waals surface area contributed by atoms with E-state index in [9.17, 15) is 9.18 Å². The summed E-state index contributed by atoms with van der Waals surface area (Å²) < 4.78 is 23.3. The Kier molecular flexibility index (Phi) is 5.04. The molecule has 0 fully saturated rings. The van der Waals surface area contributed by atoms with E-state index in [0.29, 0.717) is 10.2 Å².